The molecular weight excluding hydrogens is 226 g/mol. The van der Waals surface area contributed by atoms with Crippen LogP contribution in [-0.4, -0.2) is 35.7 Å². The lowest BCUT2D eigenvalue weighted by atomic mass is 9.92. The fourth-order valence-corrected chi connectivity index (χ4v) is 3.22. The first-order valence-corrected chi connectivity index (χ1v) is 6.93. The van der Waals surface area contributed by atoms with Crippen molar-refractivity contribution in [2.24, 2.45) is 0 Å². The van der Waals surface area contributed by atoms with Crippen LogP contribution < -0.4 is 4.74 Å². The minimum absolute atomic E-state index is 0.282. The number of hydrogen-bond donors (Lipinski definition) is 1. The van der Waals surface area contributed by atoms with Crippen LogP contribution in [0.5, 0.6) is 11.5 Å². The summed E-state index contributed by atoms with van der Waals surface area (Å²) in [7, 11) is 2.20. The van der Waals surface area contributed by atoms with Crippen LogP contribution in [0, 0.1) is 0 Å². The number of piperidine rings is 1. The summed E-state index contributed by atoms with van der Waals surface area (Å²) in [6.07, 6.45) is 6.27. The molecule has 0 amide bonds. The maximum atomic E-state index is 9.55. The molecule has 0 saturated carbocycles. The summed E-state index contributed by atoms with van der Waals surface area (Å²) in [5, 5.41) is 9.55. The molecule has 0 bridgehead atoms. The van der Waals surface area contributed by atoms with Gasteiger partial charge >= 0.3 is 0 Å². The van der Waals surface area contributed by atoms with E-state index < -0.39 is 0 Å². The minimum atomic E-state index is 0.282. The van der Waals surface area contributed by atoms with Gasteiger partial charge < -0.3 is 9.84 Å². The minimum Gasteiger partial charge on any atom is -0.508 e. The lowest BCUT2D eigenvalue weighted by molar-refractivity contribution is 0.0446. The highest BCUT2D eigenvalue weighted by molar-refractivity contribution is 5.41. The highest BCUT2D eigenvalue weighted by atomic mass is 16.5. The number of aromatic hydroxyl groups is 1. The molecule has 0 aromatic heterocycles. The third-order valence-corrected chi connectivity index (χ3v) is 4.28. The second kappa shape index (κ2) is 4.81. The Hall–Kier alpha value is -1.22. The van der Waals surface area contributed by atoms with Gasteiger partial charge in [0.1, 0.15) is 17.6 Å². The van der Waals surface area contributed by atoms with Gasteiger partial charge in [-0.3, -0.25) is 4.90 Å². The molecule has 1 aromatic carbocycles. The van der Waals surface area contributed by atoms with Gasteiger partial charge in [-0.1, -0.05) is 12.5 Å². The van der Waals surface area contributed by atoms with Gasteiger partial charge in [0.2, 0.25) is 0 Å². The molecule has 2 atom stereocenters. The van der Waals surface area contributed by atoms with Crippen molar-refractivity contribution >= 4 is 0 Å². The van der Waals surface area contributed by atoms with Gasteiger partial charge in [0.05, 0.1) is 0 Å². The zero-order valence-electron chi connectivity index (χ0n) is 10.9. The van der Waals surface area contributed by atoms with E-state index >= 15 is 0 Å². The molecule has 1 N–H and O–H groups in total. The first-order chi connectivity index (χ1) is 8.74. The molecule has 98 valence electrons. The maximum absolute atomic E-state index is 9.55. The Kier molecular flexibility index (Phi) is 3.16. The van der Waals surface area contributed by atoms with Crippen molar-refractivity contribution < 1.29 is 9.84 Å². The number of fused-ring (bicyclic) bond motifs is 1. The Bertz CT molecular complexity index is 433. The van der Waals surface area contributed by atoms with E-state index in [2.05, 4.69) is 11.9 Å². The molecule has 0 unspecified atom stereocenters. The predicted octanol–water partition coefficient (Wildman–Crippen LogP) is 2.57. The SMILES string of the molecule is CN1CCCC[C@H]1[C@@H]1CCc2ccc(O)cc2O1. The van der Waals surface area contributed by atoms with E-state index in [0.717, 1.165) is 18.6 Å². The fraction of sp³-hybridized carbons (Fsp3) is 0.600. The topological polar surface area (TPSA) is 32.7 Å². The smallest absolute Gasteiger partial charge is 0.126 e. The molecule has 1 aromatic rings. The number of aryl methyl sites for hydroxylation is 1. The summed E-state index contributed by atoms with van der Waals surface area (Å²) >= 11 is 0. The summed E-state index contributed by atoms with van der Waals surface area (Å²) in [5.74, 6) is 1.18. The Morgan fingerprint density at radius 2 is 2.17 bits per heavy atom. The van der Waals surface area contributed by atoms with Crippen molar-refractivity contribution in [2.75, 3.05) is 13.6 Å². The molecule has 0 radical (unpaired) electrons. The number of nitrogens with zero attached hydrogens (tertiary/aromatic N) is 1. The molecule has 0 aliphatic carbocycles. The summed E-state index contributed by atoms with van der Waals surface area (Å²) in [6, 6.07) is 6.01. The fourth-order valence-electron chi connectivity index (χ4n) is 3.22. The van der Waals surface area contributed by atoms with E-state index in [9.17, 15) is 5.11 Å². The molecular formula is C15H21NO2. The molecule has 3 nitrogen and oxygen atoms in total. The standard InChI is InChI=1S/C15H21NO2/c1-16-9-3-2-4-13(16)14-8-6-11-5-7-12(17)10-15(11)18-14/h5,7,10,13-14,17H,2-4,6,8-9H2,1H3/t13-,14-/m0/s1. The van der Waals surface area contributed by atoms with Crippen LogP contribution in [0.25, 0.3) is 0 Å². The highest BCUT2D eigenvalue weighted by Crippen LogP contribution is 2.34. The molecule has 3 heteroatoms. The van der Waals surface area contributed by atoms with Gasteiger partial charge in [0.15, 0.2) is 0 Å². The summed E-state index contributed by atoms with van der Waals surface area (Å²) in [6.45, 7) is 1.18. The Morgan fingerprint density at radius 3 is 3.00 bits per heavy atom. The van der Waals surface area contributed by atoms with E-state index in [4.69, 9.17) is 4.74 Å². The van der Waals surface area contributed by atoms with E-state index in [1.807, 2.05) is 6.07 Å². The zero-order valence-corrected chi connectivity index (χ0v) is 10.9. The molecule has 18 heavy (non-hydrogen) atoms. The Labute approximate surface area is 108 Å². The normalized spacial score (nSPS) is 28.5. The molecule has 2 aliphatic heterocycles. The molecule has 2 aliphatic rings. The zero-order chi connectivity index (χ0) is 12.5. The first kappa shape index (κ1) is 11.8. The van der Waals surface area contributed by atoms with Crippen molar-refractivity contribution in [3.05, 3.63) is 23.8 Å². The highest BCUT2D eigenvalue weighted by Gasteiger charge is 2.31. The van der Waals surface area contributed by atoms with Gasteiger partial charge in [-0.05, 0) is 50.9 Å². The second-order valence-corrected chi connectivity index (χ2v) is 5.53. The molecule has 3 rings (SSSR count). The van der Waals surface area contributed by atoms with Gasteiger partial charge in [-0.25, -0.2) is 0 Å². The van der Waals surface area contributed by atoms with Crippen molar-refractivity contribution in [1.29, 1.82) is 0 Å². The van der Waals surface area contributed by atoms with Crippen molar-refractivity contribution in [3.8, 4) is 11.5 Å². The van der Waals surface area contributed by atoms with Gasteiger partial charge in [0.25, 0.3) is 0 Å². The van der Waals surface area contributed by atoms with Gasteiger partial charge in [-0.2, -0.15) is 0 Å². The third kappa shape index (κ3) is 2.19. The van der Waals surface area contributed by atoms with Crippen molar-refractivity contribution in [3.63, 3.8) is 0 Å². The van der Waals surface area contributed by atoms with Crippen LogP contribution in [0.3, 0.4) is 0 Å². The van der Waals surface area contributed by atoms with Gasteiger partial charge in [-0.15, -0.1) is 0 Å². The average molecular weight is 247 g/mol. The second-order valence-electron chi connectivity index (χ2n) is 5.53. The number of likely N-dealkylation sites (tertiary alicyclic amines) is 1. The summed E-state index contributed by atoms with van der Waals surface area (Å²) in [4.78, 5) is 2.43. The van der Waals surface area contributed by atoms with Crippen molar-refractivity contribution in [2.45, 2.75) is 44.2 Å². The molecule has 1 fully saturated rings. The van der Waals surface area contributed by atoms with Gasteiger partial charge in [0, 0.05) is 12.1 Å². The van der Waals surface area contributed by atoms with E-state index in [1.54, 1.807) is 12.1 Å². The predicted molar refractivity (Wildman–Crippen MR) is 71.1 cm³/mol. The van der Waals surface area contributed by atoms with E-state index in [0.29, 0.717) is 11.8 Å². The van der Waals surface area contributed by atoms with Crippen molar-refractivity contribution in [1.82, 2.24) is 4.90 Å². The monoisotopic (exact) mass is 247 g/mol. The van der Waals surface area contributed by atoms with Crippen LogP contribution in [-0.2, 0) is 6.42 Å². The quantitative estimate of drug-likeness (QED) is 0.828. The first-order valence-electron chi connectivity index (χ1n) is 6.93. The lowest BCUT2D eigenvalue weighted by Gasteiger charge is -2.40. The molecule has 1 saturated heterocycles. The van der Waals surface area contributed by atoms with Crippen LogP contribution in [0.4, 0.5) is 0 Å². The number of rotatable bonds is 1. The Balaban J connectivity index is 1.77. The number of hydrogen-bond acceptors (Lipinski definition) is 3. The maximum Gasteiger partial charge on any atom is 0.126 e. The Morgan fingerprint density at radius 1 is 1.28 bits per heavy atom. The van der Waals surface area contributed by atoms with Crippen LogP contribution >= 0.6 is 0 Å². The largest absolute Gasteiger partial charge is 0.508 e. The average Bonchev–Trinajstić information content (AvgIpc) is 2.38. The van der Waals surface area contributed by atoms with E-state index in [-0.39, 0.29) is 6.10 Å². The lowest BCUT2D eigenvalue weighted by Crippen LogP contribution is -2.48. The molecule has 2 heterocycles. The molecule has 0 spiro atoms. The number of phenols is 1. The van der Waals surface area contributed by atoms with Crippen LogP contribution in [0.2, 0.25) is 0 Å². The summed E-state index contributed by atoms with van der Waals surface area (Å²) < 4.78 is 6.12. The number of benzene rings is 1. The van der Waals surface area contributed by atoms with Crippen LogP contribution in [0.1, 0.15) is 31.2 Å². The van der Waals surface area contributed by atoms with Crippen LogP contribution in [0.15, 0.2) is 18.2 Å². The summed E-state index contributed by atoms with van der Waals surface area (Å²) in [5.41, 5.74) is 1.22. The van der Waals surface area contributed by atoms with E-state index in [1.165, 1.54) is 31.4 Å². The third-order valence-electron chi connectivity index (χ3n) is 4.28. The number of phenolic OH excluding ortho intramolecular Hbond substituents is 1. The number of ether oxygens (including phenoxy) is 1. The number of likely N-dealkylation sites (N-methyl/N-ethyl adjacent to an activating group) is 1.